The Labute approximate surface area is 184 Å². The Morgan fingerprint density at radius 1 is 0.935 bits per heavy atom. The number of sulfonamides is 2. The summed E-state index contributed by atoms with van der Waals surface area (Å²) in [6.45, 7) is 7.73. The molecule has 0 saturated carbocycles. The minimum absolute atomic E-state index is 0.00110. The van der Waals surface area contributed by atoms with Gasteiger partial charge in [0.05, 0.1) is 9.79 Å². The van der Waals surface area contributed by atoms with E-state index in [4.69, 9.17) is 0 Å². The molecule has 0 bridgehead atoms. The second-order valence-electron chi connectivity index (χ2n) is 7.04. The number of amides is 1. The fourth-order valence-electron chi connectivity index (χ4n) is 3.05. The number of aryl methyl sites for hydroxylation is 2. The van der Waals surface area contributed by atoms with Crippen LogP contribution >= 0.6 is 0 Å². The van der Waals surface area contributed by atoms with E-state index in [-0.39, 0.29) is 28.4 Å². The highest BCUT2D eigenvalue weighted by Crippen LogP contribution is 2.17. The summed E-state index contributed by atoms with van der Waals surface area (Å²) in [5.41, 5.74) is 1.65. The number of nitrogens with one attached hydrogen (secondary N) is 2. The van der Waals surface area contributed by atoms with Gasteiger partial charge < -0.3 is 5.32 Å². The average Bonchev–Trinajstić information content (AvgIpc) is 2.73. The zero-order chi connectivity index (χ0) is 23.2. The van der Waals surface area contributed by atoms with E-state index in [1.165, 1.54) is 28.6 Å². The van der Waals surface area contributed by atoms with Crippen molar-refractivity contribution in [1.29, 1.82) is 0 Å². The largest absolute Gasteiger partial charge is 0.351 e. The maximum atomic E-state index is 12.6. The molecule has 0 spiro atoms. The van der Waals surface area contributed by atoms with E-state index >= 15 is 0 Å². The fourth-order valence-corrected chi connectivity index (χ4v) is 5.91. The van der Waals surface area contributed by atoms with Gasteiger partial charge in [-0.1, -0.05) is 32.0 Å². The summed E-state index contributed by atoms with van der Waals surface area (Å²) < 4.78 is 54.1. The van der Waals surface area contributed by atoms with Crippen molar-refractivity contribution in [3.63, 3.8) is 0 Å². The van der Waals surface area contributed by atoms with Crippen LogP contribution in [0.25, 0.3) is 0 Å². The first-order valence-electron chi connectivity index (χ1n) is 9.98. The highest BCUT2D eigenvalue weighted by atomic mass is 32.2. The van der Waals surface area contributed by atoms with Crippen LogP contribution in [0.5, 0.6) is 0 Å². The van der Waals surface area contributed by atoms with Crippen LogP contribution in [0.3, 0.4) is 0 Å². The fraction of sp³-hybridized carbons (Fsp3) is 0.381. The van der Waals surface area contributed by atoms with E-state index in [1.54, 1.807) is 32.9 Å². The summed E-state index contributed by atoms with van der Waals surface area (Å²) >= 11 is 0. The van der Waals surface area contributed by atoms with Gasteiger partial charge in [0, 0.05) is 31.7 Å². The van der Waals surface area contributed by atoms with Crippen molar-refractivity contribution in [1.82, 2.24) is 14.3 Å². The topological polar surface area (TPSA) is 113 Å². The van der Waals surface area contributed by atoms with Crippen LogP contribution in [0.15, 0.2) is 52.3 Å². The maximum Gasteiger partial charge on any atom is 0.251 e. The molecule has 31 heavy (non-hydrogen) atoms. The summed E-state index contributed by atoms with van der Waals surface area (Å²) in [6, 6.07) is 11.0. The Morgan fingerprint density at radius 2 is 1.61 bits per heavy atom. The first-order chi connectivity index (χ1) is 14.5. The second-order valence-corrected chi connectivity index (χ2v) is 10.7. The summed E-state index contributed by atoms with van der Waals surface area (Å²) in [4.78, 5) is 12.7. The Kier molecular flexibility index (Phi) is 8.35. The van der Waals surface area contributed by atoms with Crippen LogP contribution in [0.4, 0.5) is 0 Å². The minimum atomic E-state index is -3.70. The van der Waals surface area contributed by atoms with Gasteiger partial charge in [0.2, 0.25) is 20.0 Å². The van der Waals surface area contributed by atoms with E-state index in [0.717, 1.165) is 5.56 Å². The molecule has 8 nitrogen and oxygen atoms in total. The molecule has 0 fully saturated rings. The zero-order valence-corrected chi connectivity index (χ0v) is 19.8. The summed E-state index contributed by atoms with van der Waals surface area (Å²) in [5, 5.41) is 2.61. The number of nitrogens with zero attached hydrogens (tertiary/aromatic N) is 1. The number of rotatable bonds is 10. The van der Waals surface area contributed by atoms with E-state index in [2.05, 4.69) is 10.0 Å². The van der Waals surface area contributed by atoms with Gasteiger partial charge in [-0.15, -0.1) is 0 Å². The smallest absolute Gasteiger partial charge is 0.251 e. The Morgan fingerprint density at radius 3 is 2.26 bits per heavy atom. The molecule has 0 aromatic heterocycles. The standard InChI is InChI=1S/C21H29N3O5S2/c1-5-24(6-2)31(28,29)19-9-7-8-18(15-19)21(25)22-12-13-23-30(26,27)20-14-16(3)10-11-17(20)4/h7-11,14-15,23H,5-6,12-13H2,1-4H3,(H,22,25). The quantitative estimate of drug-likeness (QED) is 0.519. The molecule has 2 rings (SSSR count). The molecule has 0 heterocycles. The molecule has 0 aliphatic carbocycles. The molecule has 170 valence electrons. The Balaban J connectivity index is 2.02. The van der Waals surface area contributed by atoms with Crippen LogP contribution in [-0.2, 0) is 20.0 Å². The normalized spacial score (nSPS) is 12.2. The van der Waals surface area contributed by atoms with Gasteiger partial charge in [0.15, 0.2) is 0 Å². The Hall–Kier alpha value is -2.27. The van der Waals surface area contributed by atoms with Crippen molar-refractivity contribution >= 4 is 26.0 Å². The lowest BCUT2D eigenvalue weighted by Crippen LogP contribution is -2.35. The lowest BCUT2D eigenvalue weighted by atomic mass is 10.2. The van der Waals surface area contributed by atoms with Crippen LogP contribution in [0, 0.1) is 13.8 Å². The van der Waals surface area contributed by atoms with E-state index in [1.807, 2.05) is 13.0 Å². The van der Waals surface area contributed by atoms with Crippen molar-refractivity contribution < 1.29 is 21.6 Å². The first-order valence-corrected chi connectivity index (χ1v) is 12.9. The molecule has 0 radical (unpaired) electrons. The molecule has 0 saturated heterocycles. The van der Waals surface area contributed by atoms with Crippen molar-refractivity contribution in [2.75, 3.05) is 26.2 Å². The number of hydrogen-bond donors (Lipinski definition) is 2. The molecular weight excluding hydrogens is 438 g/mol. The minimum Gasteiger partial charge on any atom is -0.351 e. The van der Waals surface area contributed by atoms with Gasteiger partial charge in [-0.25, -0.2) is 21.6 Å². The van der Waals surface area contributed by atoms with Gasteiger partial charge >= 0.3 is 0 Å². The molecule has 0 aliphatic rings. The van der Waals surface area contributed by atoms with E-state index in [0.29, 0.717) is 18.7 Å². The highest BCUT2D eigenvalue weighted by Gasteiger charge is 2.22. The molecule has 0 unspecified atom stereocenters. The van der Waals surface area contributed by atoms with Gasteiger partial charge in [0.1, 0.15) is 0 Å². The molecule has 0 aliphatic heterocycles. The summed E-state index contributed by atoms with van der Waals surface area (Å²) in [5.74, 6) is -0.484. The molecule has 2 aromatic carbocycles. The van der Waals surface area contributed by atoms with Crippen molar-refractivity contribution in [3.8, 4) is 0 Å². The first kappa shape index (κ1) is 25.0. The molecule has 2 N–H and O–H groups in total. The van der Waals surface area contributed by atoms with E-state index < -0.39 is 26.0 Å². The van der Waals surface area contributed by atoms with Crippen molar-refractivity contribution in [2.45, 2.75) is 37.5 Å². The molecule has 10 heteroatoms. The van der Waals surface area contributed by atoms with Crippen LogP contribution in [0.1, 0.15) is 35.3 Å². The van der Waals surface area contributed by atoms with Crippen molar-refractivity contribution in [2.24, 2.45) is 0 Å². The van der Waals surface area contributed by atoms with Gasteiger partial charge in [-0.2, -0.15) is 4.31 Å². The molecular formula is C21H29N3O5S2. The lowest BCUT2D eigenvalue weighted by Gasteiger charge is -2.18. The molecule has 1 amide bonds. The van der Waals surface area contributed by atoms with Crippen LogP contribution < -0.4 is 10.0 Å². The predicted octanol–water partition coefficient (Wildman–Crippen LogP) is 2.04. The highest BCUT2D eigenvalue weighted by molar-refractivity contribution is 7.89. The summed E-state index contributed by atoms with van der Waals surface area (Å²) in [6.07, 6.45) is 0. The third-order valence-electron chi connectivity index (χ3n) is 4.78. The van der Waals surface area contributed by atoms with Gasteiger partial charge in [-0.05, 0) is 49.2 Å². The third kappa shape index (κ3) is 6.13. The monoisotopic (exact) mass is 467 g/mol. The van der Waals surface area contributed by atoms with Crippen LogP contribution in [-0.4, -0.2) is 53.2 Å². The average molecular weight is 468 g/mol. The number of carbonyl (C=O) groups excluding carboxylic acids is 1. The number of carbonyl (C=O) groups is 1. The summed E-state index contributed by atoms with van der Waals surface area (Å²) in [7, 11) is -7.38. The third-order valence-corrected chi connectivity index (χ3v) is 8.42. The van der Waals surface area contributed by atoms with Crippen LogP contribution in [0.2, 0.25) is 0 Å². The van der Waals surface area contributed by atoms with Gasteiger partial charge in [0.25, 0.3) is 5.91 Å². The zero-order valence-electron chi connectivity index (χ0n) is 18.2. The van der Waals surface area contributed by atoms with Gasteiger partial charge in [-0.3, -0.25) is 4.79 Å². The number of hydrogen-bond acceptors (Lipinski definition) is 5. The Bertz CT molecular complexity index is 1140. The van der Waals surface area contributed by atoms with E-state index in [9.17, 15) is 21.6 Å². The number of benzene rings is 2. The molecule has 0 atom stereocenters. The lowest BCUT2D eigenvalue weighted by molar-refractivity contribution is 0.0954. The predicted molar refractivity (Wildman–Crippen MR) is 120 cm³/mol. The molecule has 2 aromatic rings. The SMILES string of the molecule is CCN(CC)S(=O)(=O)c1cccc(C(=O)NCCNS(=O)(=O)c2cc(C)ccc2C)c1. The maximum absolute atomic E-state index is 12.6. The van der Waals surface area contributed by atoms with Crippen molar-refractivity contribution in [3.05, 3.63) is 59.2 Å². The second kappa shape index (κ2) is 10.4.